The van der Waals surface area contributed by atoms with Crippen molar-refractivity contribution in [3.05, 3.63) is 60.2 Å². The fourth-order valence-corrected chi connectivity index (χ4v) is 2.48. The minimum absolute atomic E-state index is 0.110. The maximum absolute atomic E-state index is 11.4. The second-order valence-corrected chi connectivity index (χ2v) is 4.58. The number of carbonyl (C=O) groups excluding carboxylic acids is 1. The summed E-state index contributed by atoms with van der Waals surface area (Å²) in [5, 5.41) is 0. The second-order valence-electron chi connectivity index (χ2n) is 3.47. The SMILES string of the molecule is CC(=O)c1ccccc1Sc1ccccc1. The van der Waals surface area contributed by atoms with Crippen LogP contribution in [0, 0.1) is 0 Å². The van der Waals surface area contributed by atoms with Gasteiger partial charge in [-0.25, -0.2) is 0 Å². The minimum Gasteiger partial charge on any atom is -0.294 e. The van der Waals surface area contributed by atoms with Gasteiger partial charge in [0.25, 0.3) is 0 Å². The topological polar surface area (TPSA) is 17.1 Å². The van der Waals surface area contributed by atoms with E-state index >= 15 is 0 Å². The van der Waals surface area contributed by atoms with Crippen molar-refractivity contribution < 1.29 is 4.79 Å². The molecule has 0 heterocycles. The molecule has 0 aliphatic heterocycles. The van der Waals surface area contributed by atoms with Gasteiger partial charge in [-0.1, -0.05) is 48.2 Å². The molecule has 0 fully saturated rings. The zero-order valence-corrected chi connectivity index (χ0v) is 9.83. The summed E-state index contributed by atoms with van der Waals surface area (Å²) in [6.07, 6.45) is 0. The van der Waals surface area contributed by atoms with E-state index in [0.29, 0.717) is 0 Å². The highest BCUT2D eigenvalue weighted by Crippen LogP contribution is 2.30. The van der Waals surface area contributed by atoms with Gasteiger partial charge < -0.3 is 0 Å². The van der Waals surface area contributed by atoms with Crippen LogP contribution in [0.2, 0.25) is 0 Å². The maximum Gasteiger partial charge on any atom is 0.160 e. The van der Waals surface area contributed by atoms with Gasteiger partial charge in [0.1, 0.15) is 0 Å². The van der Waals surface area contributed by atoms with E-state index in [2.05, 4.69) is 0 Å². The Labute approximate surface area is 99.5 Å². The second kappa shape index (κ2) is 4.99. The Hall–Kier alpha value is -1.54. The van der Waals surface area contributed by atoms with Crippen LogP contribution in [0.4, 0.5) is 0 Å². The number of ketones is 1. The van der Waals surface area contributed by atoms with Crippen LogP contribution in [0.25, 0.3) is 0 Å². The van der Waals surface area contributed by atoms with E-state index in [1.165, 1.54) is 0 Å². The summed E-state index contributed by atoms with van der Waals surface area (Å²) >= 11 is 1.62. The standard InChI is InChI=1S/C14H12OS/c1-11(15)13-9-5-6-10-14(13)16-12-7-3-2-4-8-12/h2-10H,1H3. The van der Waals surface area contributed by atoms with Crippen LogP contribution < -0.4 is 0 Å². The first kappa shape index (κ1) is 11.0. The maximum atomic E-state index is 11.4. The normalized spacial score (nSPS) is 10.1. The largest absolute Gasteiger partial charge is 0.294 e. The summed E-state index contributed by atoms with van der Waals surface area (Å²) in [6.45, 7) is 1.60. The molecular weight excluding hydrogens is 216 g/mol. The van der Waals surface area contributed by atoms with Crippen molar-refractivity contribution in [3.8, 4) is 0 Å². The molecule has 0 N–H and O–H groups in total. The number of benzene rings is 2. The molecular formula is C14H12OS. The molecule has 0 saturated heterocycles. The molecule has 0 aliphatic rings. The van der Waals surface area contributed by atoms with Crippen LogP contribution >= 0.6 is 11.8 Å². The van der Waals surface area contributed by atoms with E-state index in [1.807, 2.05) is 54.6 Å². The Morgan fingerprint density at radius 3 is 2.25 bits per heavy atom. The molecule has 1 nitrogen and oxygen atoms in total. The predicted molar refractivity (Wildman–Crippen MR) is 67.0 cm³/mol. The van der Waals surface area contributed by atoms with Crippen molar-refractivity contribution in [3.63, 3.8) is 0 Å². The highest BCUT2D eigenvalue weighted by atomic mass is 32.2. The number of carbonyl (C=O) groups is 1. The van der Waals surface area contributed by atoms with Crippen LogP contribution in [0.1, 0.15) is 17.3 Å². The van der Waals surface area contributed by atoms with Crippen LogP contribution in [0.5, 0.6) is 0 Å². The molecule has 2 aromatic carbocycles. The highest BCUT2D eigenvalue weighted by Gasteiger charge is 2.06. The van der Waals surface area contributed by atoms with E-state index < -0.39 is 0 Å². The molecule has 16 heavy (non-hydrogen) atoms. The Bertz CT molecular complexity index is 491. The number of hydrogen-bond acceptors (Lipinski definition) is 2. The van der Waals surface area contributed by atoms with Crippen LogP contribution in [-0.4, -0.2) is 5.78 Å². The summed E-state index contributed by atoms with van der Waals surface area (Å²) in [5.41, 5.74) is 0.788. The smallest absolute Gasteiger partial charge is 0.160 e. The van der Waals surface area contributed by atoms with Crippen LogP contribution in [-0.2, 0) is 0 Å². The summed E-state index contributed by atoms with van der Waals surface area (Å²) in [6, 6.07) is 17.8. The molecule has 0 spiro atoms. The highest BCUT2D eigenvalue weighted by molar-refractivity contribution is 7.99. The molecule has 0 radical (unpaired) electrons. The van der Waals surface area contributed by atoms with E-state index in [0.717, 1.165) is 15.4 Å². The van der Waals surface area contributed by atoms with E-state index in [-0.39, 0.29) is 5.78 Å². The predicted octanol–water partition coefficient (Wildman–Crippen LogP) is 4.04. The molecule has 0 bridgehead atoms. The molecule has 2 rings (SSSR count). The van der Waals surface area contributed by atoms with E-state index in [4.69, 9.17) is 0 Å². The van der Waals surface area contributed by atoms with Crippen molar-refractivity contribution in [2.75, 3.05) is 0 Å². The zero-order valence-electron chi connectivity index (χ0n) is 9.01. The Kier molecular flexibility index (Phi) is 3.42. The van der Waals surface area contributed by atoms with Gasteiger partial charge in [0.15, 0.2) is 5.78 Å². The third kappa shape index (κ3) is 2.52. The van der Waals surface area contributed by atoms with Crippen molar-refractivity contribution in [1.82, 2.24) is 0 Å². The average Bonchev–Trinajstić information content (AvgIpc) is 2.31. The molecule has 80 valence electrons. The molecule has 0 aromatic heterocycles. The van der Waals surface area contributed by atoms with E-state index in [1.54, 1.807) is 18.7 Å². The van der Waals surface area contributed by atoms with Gasteiger partial charge in [-0.2, -0.15) is 0 Å². The molecule has 0 atom stereocenters. The van der Waals surface area contributed by atoms with Gasteiger partial charge in [0, 0.05) is 15.4 Å². The molecule has 0 amide bonds. The third-order valence-electron chi connectivity index (χ3n) is 2.24. The Morgan fingerprint density at radius 1 is 0.938 bits per heavy atom. The number of Topliss-reactive ketones (excluding diaryl/α,β-unsaturated/α-hetero) is 1. The summed E-state index contributed by atoms with van der Waals surface area (Å²) in [7, 11) is 0. The first-order chi connectivity index (χ1) is 7.77. The van der Waals surface area contributed by atoms with Gasteiger partial charge in [0.2, 0.25) is 0 Å². The van der Waals surface area contributed by atoms with Crippen LogP contribution in [0.15, 0.2) is 64.4 Å². The lowest BCUT2D eigenvalue weighted by atomic mass is 10.1. The molecule has 2 aromatic rings. The lowest BCUT2D eigenvalue weighted by Gasteiger charge is -2.05. The molecule has 0 unspecified atom stereocenters. The Balaban J connectivity index is 2.31. The number of rotatable bonds is 3. The van der Waals surface area contributed by atoms with Gasteiger partial charge in [-0.05, 0) is 25.1 Å². The first-order valence-corrected chi connectivity index (χ1v) is 5.92. The van der Waals surface area contributed by atoms with Crippen molar-refractivity contribution in [1.29, 1.82) is 0 Å². The molecule has 2 heteroatoms. The quantitative estimate of drug-likeness (QED) is 0.737. The lowest BCUT2D eigenvalue weighted by Crippen LogP contribution is -1.93. The zero-order chi connectivity index (χ0) is 11.4. The summed E-state index contributed by atoms with van der Waals surface area (Å²) in [5.74, 6) is 0.110. The molecule has 0 aliphatic carbocycles. The van der Waals surface area contributed by atoms with Gasteiger partial charge in [-0.3, -0.25) is 4.79 Å². The fourth-order valence-electron chi connectivity index (χ4n) is 1.46. The fraction of sp³-hybridized carbons (Fsp3) is 0.0714. The Morgan fingerprint density at radius 2 is 1.56 bits per heavy atom. The average molecular weight is 228 g/mol. The summed E-state index contributed by atoms with van der Waals surface area (Å²) < 4.78 is 0. The number of hydrogen-bond donors (Lipinski definition) is 0. The van der Waals surface area contributed by atoms with Crippen molar-refractivity contribution in [2.45, 2.75) is 16.7 Å². The first-order valence-electron chi connectivity index (χ1n) is 5.10. The monoisotopic (exact) mass is 228 g/mol. The summed E-state index contributed by atoms with van der Waals surface area (Å²) in [4.78, 5) is 13.6. The van der Waals surface area contributed by atoms with Gasteiger partial charge in [0.05, 0.1) is 0 Å². The van der Waals surface area contributed by atoms with Crippen molar-refractivity contribution in [2.24, 2.45) is 0 Å². The van der Waals surface area contributed by atoms with Gasteiger partial charge >= 0.3 is 0 Å². The molecule has 0 saturated carbocycles. The van der Waals surface area contributed by atoms with Crippen LogP contribution in [0.3, 0.4) is 0 Å². The third-order valence-corrected chi connectivity index (χ3v) is 3.32. The lowest BCUT2D eigenvalue weighted by molar-refractivity contribution is 0.101. The van der Waals surface area contributed by atoms with E-state index in [9.17, 15) is 4.79 Å². The van der Waals surface area contributed by atoms with Gasteiger partial charge in [-0.15, -0.1) is 0 Å². The van der Waals surface area contributed by atoms with Crippen molar-refractivity contribution >= 4 is 17.5 Å². The minimum atomic E-state index is 0.110.